The summed E-state index contributed by atoms with van der Waals surface area (Å²) in [6, 6.07) is 3.24. The van der Waals surface area contributed by atoms with Gasteiger partial charge in [-0.15, -0.1) is 0 Å². The van der Waals surface area contributed by atoms with Gasteiger partial charge in [-0.2, -0.15) is 0 Å². The number of hydrogen-bond donors (Lipinski definition) is 1. The lowest BCUT2D eigenvalue weighted by atomic mass is 9.96. The molecule has 1 N–H and O–H groups in total. The summed E-state index contributed by atoms with van der Waals surface area (Å²) in [5.41, 5.74) is 0.0861. The molecule has 1 nitrogen and oxygen atoms in total. The van der Waals surface area contributed by atoms with Gasteiger partial charge in [0.1, 0.15) is 11.6 Å². The van der Waals surface area contributed by atoms with Crippen LogP contribution in [-0.2, 0) is 0 Å². The maximum absolute atomic E-state index is 13.4. The molecular weight excluding hydrogens is 222 g/mol. The Labute approximate surface area is 100 Å². The Morgan fingerprint density at radius 1 is 1.24 bits per heavy atom. The summed E-state index contributed by atoms with van der Waals surface area (Å²) in [5, 5.41) is 9.88. The van der Waals surface area contributed by atoms with Crippen LogP contribution in [0, 0.1) is 17.6 Å². The second-order valence-electron chi connectivity index (χ2n) is 4.91. The number of halogens is 2. The molecule has 0 aromatic heterocycles. The van der Waals surface area contributed by atoms with Gasteiger partial charge in [0.25, 0.3) is 0 Å². The van der Waals surface area contributed by atoms with Gasteiger partial charge in [0.05, 0.1) is 6.10 Å². The van der Waals surface area contributed by atoms with Gasteiger partial charge in [-0.3, -0.25) is 0 Å². The zero-order valence-electron chi connectivity index (χ0n) is 9.83. The maximum atomic E-state index is 13.4. The average Bonchev–Trinajstić information content (AvgIpc) is 2.82. The first-order valence-electron chi connectivity index (χ1n) is 6.30. The smallest absolute Gasteiger partial charge is 0.129 e. The number of hydrogen-bond acceptors (Lipinski definition) is 1. The molecule has 17 heavy (non-hydrogen) atoms. The molecule has 3 heteroatoms. The SMILES string of the molecule is OC(CCC1CCCC1)c1cc(F)ccc1F. The summed E-state index contributed by atoms with van der Waals surface area (Å²) < 4.78 is 26.4. The van der Waals surface area contributed by atoms with Gasteiger partial charge in [-0.05, 0) is 37.0 Å². The second kappa shape index (κ2) is 5.58. The highest BCUT2D eigenvalue weighted by molar-refractivity contribution is 5.20. The van der Waals surface area contributed by atoms with Gasteiger partial charge >= 0.3 is 0 Å². The van der Waals surface area contributed by atoms with Crippen molar-refractivity contribution in [1.29, 1.82) is 0 Å². The van der Waals surface area contributed by atoms with Crippen LogP contribution in [0.2, 0.25) is 0 Å². The molecule has 94 valence electrons. The summed E-state index contributed by atoms with van der Waals surface area (Å²) >= 11 is 0. The van der Waals surface area contributed by atoms with Gasteiger partial charge in [-0.25, -0.2) is 8.78 Å². The summed E-state index contributed by atoms with van der Waals surface area (Å²) in [5.74, 6) is -0.368. The minimum atomic E-state index is -0.883. The van der Waals surface area contributed by atoms with Crippen molar-refractivity contribution in [3.05, 3.63) is 35.4 Å². The molecular formula is C14H18F2O. The second-order valence-corrected chi connectivity index (χ2v) is 4.91. The van der Waals surface area contributed by atoms with Crippen LogP contribution < -0.4 is 0 Å². The molecule has 1 saturated carbocycles. The molecule has 0 heterocycles. The van der Waals surface area contributed by atoms with Crippen LogP contribution >= 0.6 is 0 Å². The fraction of sp³-hybridized carbons (Fsp3) is 0.571. The van der Waals surface area contributed by atoms with Gasteiger partial charge in [0.2, 0.25) is 0 Å². The summed E-state index contributed by atoms with van der Waals surface area (Å²) in [6.07, 6.45) is 5.47. The average molecular weight is 240 g/mol. The standard InChI is InChI=1S/C14H18F2O/c15-11-6-7-13(16)12(9-11)14(17)8-5-10-3-1-2-4-10/h6-7,9-10,14,17H,1-5,8H2. The quantitative estimate of drug-likeness (QED) is 0.844. The third kappa shape index (κ3) is 3.25. The van der Waals surface area contributed by atoms with Crippen LogP contribution in [-0.4, -0.2) is 5.11 Å². The number of aliphatic hydroxyl groups is 1. The Balaban J connectivity index is 1.93. The Bertz CT molecular complexity index is 372. The minimum absolute atomic E-state index is 0.0861. The zero-order chi connectivity index (χ0) is 12.3. The van der Waals surface area contributed by atoms with E-state index >= 15 is 0 Å². The molecule has 0 aliphatic heterocycles. The van der Waals surface area contributed by atoms with Crippen LogP contribution in [0.3, 0.4) is 0 Å². The highest BCUT2D eigenvalue weighted by Gasteiger charge is 2.19. The molecule has 1 unspecified atom stereocenters. The van der Waals surface area contributed by atoms with Gasteiger partial charge < -0.3 is 5.11 Å². The highest BCUT2D eigenvalue weighted by Crippen LogP contribution is 2.32. The van der Waals surface area contributed by atoms with E-state index in [-0.39, 0.29) is 5.56 Å². The molecule has 0 saturated heterocycles. The number of rotatable bonds is 4. The van der Waals surface area contributed by atoms with Crippen LogP contribution in [0.1, 0.15) is 50.2 Å². The summed E-state index contributed by atoms with van der Waals surface area (Å²) in [6.45, 7) is 0. The van der Waals surface area contributed by atoms with E-state index in [0.717, 1.165) is 24.6 Å². The molecule has 1 aliphatic rings. The first kappa shape index (κ1) is 12.5. The van der Waals surface area contributed by atoms with Gasteiger partial charge in [-0.1, -0.05) is 25.7 Å². The fourth-order valence-corrected chi connectivity index (χ4v) is 2.62. The number of benzene rings is 1. The van der Waals surface area contributed by atoms with E-state index in [9.17, 15) is 13.9 Å². The normalized spacial score (nSPS) is 18.5. The zero-order valence-corrected chi connectivity index (χ0v) is 9.83. The third-order valence-electron chi connectivity index (χ3n) is 3.64. The van der Waals surface area contributed by atoms with Crippen LogP contribution in [0.5, 0.6) is 0 Å². The Morgan fingerprint density at radius 3 is 2.65 bits per heavy atom. The van der Waals surface area contributed by atoms with E-state index in [1.807, 2.05) is 0 Å². The van der Waals surface area contributed by atoms with Crippen molar-refractivity contribution in [2.75, 3.05) is 0 Å². The lowest BCUT2D eigenvalue weighted by molar-refractivity contribution is 0.152. The molecule has 0 radical (unpaired) electrons. The van der Waals surface area contributed by atoms with Crippen molar-refractivity contribution >= 4 is 0 Å². The van der Waals surface area contributed by atoms with Crippen molar-refractivity contribution in [1.82, 2.24) is 0 Å². The highest BCUT2D eigenvalue weighted by atomic mass is 19.1. The molecule has 2 rings (SSSR count). The largest absolute Gasteiger partial charge is 0.388 e. The van der Waals surface area contributed by atoms with E-state index in [2.05, 4.69) is 0 Å². The predicted molar refractivity (Wildman–Crippen MR) is 62.5 cm³/mol. The third-order valence-corrected chi connectivity index (χ3v) is 3.64. The van der Waals surface area contributed by atoms with Crippen molar-refractivity contribution in [2.24, 2.45) is 5.92 Å². The predicted octanol–water partition coefficient (Wildman–Crippen LogP) is 3.97. The lowest BCUT2D eigenvalue weighted by Crippen LogP contribution is -2.04. The van der Waals surface area contributed by atoms with E-state index in [0.29, 0.717) is 12.3 Å². The van der Waals surface area contributed by atoms with E-state index in [1.165, 1.54) is 25.7 Å². The van der Waals surface area contributed by atoms with E-state index in [4.69, 9.17) is 0 Å². The van der Waals surface area contributed by atoms with E-state index < -0.39 is 17.7 Å². The van der Waals surface area contributed by atoms with Gasteiger partial charge in [0.15, 0.2) is 0 Å². The van der Waals surface area contributed by atoms with E-state index in [1.54, 1.807) is 0 Å². The maximum Gasteiger partial charge on any atom is 0.129 e. The Kier molecular flexibility index (Phi) is 4.11. The summed E-state index contributed by atoms with van der Waals surface area (Å²) in [7, 11) is 0. The van der Waals surface area contributed by atoms with Gasteiger partial charge in [0, 0.05) is 5.56 Å². The molecule has 1 aromatic rings. The molecule has 0 spiro atoms. The molecule has 1 atom stereocenters. The van der Waals surface area contributed by atoms with Crippen molar-refractivity contribution in [3.63, 3.8) is 0 Å². The fourth-order valence-electron chi connectivity index (χ4n) is 2.62. The van der Waals surface area contributed by atoms with Crippen molar-refractivity contribution in [3.8, 4) is 0 Å². The molecule has 0 amide bonds. The molecule has 1 aliphatic carbocycles. The lowest BCUT2D eigenvalue weighted by Gasteiger charge is -2.14. The van der Waals surface area contributed by atoms with Crippen molar-refractivity contribution < 1.29 is 13.9 Å². The topological polar surface area (TPSA) is 20.2 Å². The van der Waals surface area contributed by atoms with Crippen LogP contribution in [0.4, 0.5) is 8.78 Å². The summed E-state index contributed by atoms with van der Waals surface area (Å²) in [4.78, 5) is 0. The minimum Gasteiger partial charge on any atom is -0.388 e. The molecule has 1 fully saturated rings. The van der Waals surface area contributed by atoms with Crippen LogP contribution in [0.15, 0.2) is 18.2 Å². The molecule has 1 aromatic carbocycles. The first-order chi connectivity index (χ1) is 8.16. The van der Waals surface area contributed by atoms with Crippen molar-refractivity contribution in [2.45, 2.75) is 44.6 Å². The monoisotopic (exact) mass is 240 g/mol. The number of aliphatic hydroxyl groups excluding tert-OH is 1. The first-order valence-corrected chi connectivity index (χ1v) is 6.30. The Morgan fingerprint density at radius 2 is 1.94 bits per heavy atom. The van der Waals surface area contributed by atoms with Crippen LogP contribution in [0.25, 0.3) is 0 Å². The Hall–Kier alpha value is -0.960. The molecule has 0 bridgehead atoms.